The lowest BCUT2D eigenvalue weighted by Crippen LogP contribution is -2.44. The smallest absolute Gasteiger partial charge is 0.195 e. The van der Waals surface area contributed by atoms with E-state index in [-0.39, 0.29) is 36.7 Å². The zero-order chi connectivity index (χ0) is 8.85. The van der Waals surface area contributed by atoms with Crippen molar-refractivity contribution in [2.75, 3.05) is 6.54 Å². The van der Waals surface area contributed by atoms with Gasteiger partial charge in [-0.3, -0.25) is 16.1 Å². The van der Waals surface area contributed by atoms with Gasteiger partial charge in [-0.25, -0.2) is 0 Å². The van der Waals surface area contributed by atoms with Crippen LogP contribution in [0.3, 0.4) is 0 Å². The molecule has 0 saturated carbocycles. The molecular formula is C6H17Cl2N5. The lowest BCUT2D eigenvalue weighted by molar-refractivity contribution is 0.619. The summed E-state index contributed by atoms with van der Waals surface area (Å²) in [7, 11) is 0. The van der Waals surface area contributed by atoms with Crippen molar-refractivity contribution in [2.45, 2.75) is 13.8 Å². The summed E-state index contributed by atoms with van der Waals surface area (Å²) in [5, 5.41) is 19.1. The Balaban J connectivity index is -0.000000500. The van der Waals surface area contributed by atoms with E-state index in [1.807, 2.05) is 13.8 Å². The molecule has 6 N–H and O–H groups in total. The van der Waals surface area contributed by atoms with E-state index in [9.17, 15) is 0 Å². The molecule has 0 aliphatic rings. The molecule has 0 heterocycles. The molecule has 7 heteroatoms. The van der Waals surface area contributed by atoms with Crippen LogP contribution in [0.25, 0.3) is 0 Å². The maximum absolute atomic E-state index is 7.17. The van der Waals surface area contributed by atoms with Gasteiger partial charge in [0.05, 0.1) is 0 Å². The molecule has 0 atom stereocenters. The number of hydrogen-bond donors (Lipinski definition) is 5. The van der Waals surface area contributed by atoms with E-state index in [0.717, 1.165) is 0 Å². The minimum Gasteiger partial charge on any atom is -0.370 e. The van der Waals surface area contributed by atoms with Crippen LogP contribution in [0.15, 0.2) is 0 Å². The molecule has 0 rings (SSSR count). The van der Waals surface area contributed by atoms with Crippen molar-refractivity contribution < 1.29 is 0 Å². The van der Waals surface area contributed by atoms with Gasteiger partial charge in [0.15, 0.2) is 11.9 Å². The molecular weight excluding hydrogens is 213 g/mol. The fourth-order valence-electron chi connectivity index (χ4n) is 0.485. The molecule has 0 spiro atoms. The fraction of sp³-hybridized carbons (Fsp3) is 0.667. The molecule has 0 aromatic carbocycles. The monoisotopic (exact) mass is 229 g/mol. The van der Waals surface area contributed by atoms with Crippen LogP contribution in [-0.4, -0.2) is 18.5 Å². The Bertz CT molecular complexity index is 159. The Kier molecular flexibility index (Phi) is 13.2. The molecule has 0 fully saturated rings. The van der Waals surface area contributed by atoms with Crippen LogP contribution in [0.4, 0.5) is 0 Å². The number of halogens is 2. The molecule has 0 bridgehead atoms. The highest BCUT2D eigenvalue weighted by atomic mass is 35.5. The van der Waals surface area contributed by atoms with Crippen molar-refractivity contribution in [3.8, 4) is 0 Å². The second kappa shape index (κ2) is 9.41. The van der Waals surface area contributed by atoms with Crippen molar-refractivity contribution in [2.24, 2.45) is 11.7 Å². The van der Waals surface area contributed by atoms with Gasteiger partial charge in [0.25, 0.3) is 0 Å². The van der Waals surface area contributed by atoms with Crippen molar-refractivity contribution in [1.82, 2.24) is 10.6 Å². The van der Waals surface area contributed by atoms with Crippen molar-refractivity contribution in [3.05, 3.63) is 0 Å². The SMILES string of the molecule is CC(C)CNC(=N)NC(=N)N.Cl.Cl. The second-order valence-corrected chi connectivity index (χ2v) is 2.69. The summed E-state index contributed by atoms with van der Waals surface area (Å²) in [6, 6.07) is 0. The van der Waals surface area contributed by atoms with E-state index in [2.05, 4.69) is 10.6 Å². The number of nitrogens with two attached hydrogens (primary N) is 1. The first-order chi connectivity index (χ1) is 5.02. The molecule has 0 saturated heterocycles. The molecule has 0 aromatic rings. The summed E-state index contributed by atoms with van der Waals surface area (Å²) in [6.07, 6.45) is 0. The minimum absolute atomic E-state index is 0. The van der Waals surface area contributed by atoms with Crippen molar-refractivity contribution >= 4 is 36.7 Å². The van der Waals surface area contributed by atoms with Gasteiger partial charge in [-0.15, -0.1) is 24.8 Å². The van der Waals surface area contributed by atoms with Gasteiger partial charge in [-0.05, 0) is 5.92 Å². The highest BCUT2D eigenvalue weighted by Gasteiger charge is 1.96. The summed E-state index contributed by atoms with van der Waals surface area (Å²) in [5.74, 6) is 0.335. The Morgan fingerprint density at radius 2 is 1.77 bits per heavy atom. The van der Waals surface area contributed by atoms with Gasteiger partial charge in [0, 0.05) is 6.54 Å². The molecule has 0 aliphatic heterocycles. The zero-order valence-corrected chi connectivity index (χ0v) is 9.31. The third kappa shape index (κ3) is 14.2. The molecule has 5 nitrogen and oxygen atoms in total. The van der Waals surface area contributed by atoms with Gasteiger partial charge < -0.3 is 11.1 Å². The number of guanidine groups is 2. The lowest BCUT2D eigenvalue weighted by atomic mass is 10.2. The summed E-state index contributed by atoms with van der Waals surface area (Å²) in [5.41, 5.74) is 4.99. The number of nitrogens with one attached hydrogen (secondary N) is 4. The first kappa shape index (κ1) is 18.2. The molecule has 0 aromatic heterocycles. The number of hydrogen-bond acceptors (Lipinski definition) is 2. The van der Waals surface area contributed by atoms with Gasteiger partial charge >= 0.3 is 0 Å². The molecule has 80 valence electrons. The van der Waals surface area contributed by atoms with E-state index >= 15 is 0 Å². The first-order valence-corrected chi connectivity index (χ1v) is 3.46. The predicted octanol–water partition coefficient (Wildman–Crippen LogP) is 0.493. The minimum atomic E-state index is -0.216. The van der Waals surface area contributed by atoms with Gasteiger partial charge in [0.1, 0.15) is 0 Å². The lowest BCUT2D eigenvalue weighted by Gasteiger charge is -2.09. The summed E-state index contributed by atoms with van der Waals surface area (Å²) in [4.78, 5) is 0. The molecule has 0 amide bonds. The van der Waals surface area contributed by atoms with Crippen LogP contribution in [0.2, 0.25) is 0 Å². The Labute approximate surface area is 90.7 Å². The van der Waals surface area contributed by atoms with Crippen LogP contribution < -0.4 is 16.4 Å². The standard InChI is InChI=1S/C6H15N5.2ClH/c1-4(2)3-10-6(9)11-5(7)8;;/h4H,3H2,1-2H3,(H6,7,8,9,10,11);2*1H. The van der Waals surface area contributed by atoms with E-state index in [4.69, 9.17) is 16.6 Å². The average molecular weight is 230 g/mol. The molecule has 0 radical (unpaired) electrons. The van der Waals surface area contributed by atoms with E-state index < -0.39 is 0 Å². The van der Waals surface area contributed by atoms with E-state index in [0.29, 0.717) is 12.5 Å². The Hall–Kier alpha value is -0.680. The second-order valence-electron chi connectivity index (χ2n) is 2.69. The van der Waals surface area contributed by atoms with E-state index in [1.54, 1.807) is 0 Å². The summed E-state index contributed by atoms with van der Waals surface area (Å²) in [6.45, 7) is 4.78. The van der Waals surface area contributed by atoms with Crippen LogP contribution in [0, 0.1) is 16.7 Å². The molecule has 13 heavy (non-hydrogen) atoms. The average Bonchev–Trinajstić information content (AvgIpc) is 1.82. The normalized spacial score (nSPS) is 7.92. The third-order valence-corrected chi connectivity index (χ3v) is 0.947. The number of rotatable bonds is 2. The quantitative estimate of drug-likeness (QED) is 0.353. The largest absolute Gasteiger partial charge is 0.370 e. The van der Waals surface area contributed by atoms with Crippen LogP contribution >= 0.6 is 24.8 Å². The van der Waals surface area contributed by atoms with Crippen molar-refractivity contribution in [1.29, 1.82) is 10.8 Å². The highest BCUT2D eigenvalue weighted by molar-refractivity contribution is 5.94. The van der Waals surface area contributed by atoms with Gasteiger partial charge in [0.2, 0.25) is 0 Å². The van der Waals surface area contributed by atoms with Gasteiger partial charge in [-0.1, -0.05) is 13.8 Å². The first-order valence-electron chi connectivity index (χ1n) is 3.46. The van der Waals surface area contributed by atoms with Crippen LogP contribution in [0.1, 0.15) is 13.8 Å². The topological polar surface area (TPSA) is 97.8 Å². The Morgan fingerprint density at radius 3 is 2.08 bits per heavy atom. The summed E-state index contributed by atoms with van der Waals surface area (Å²) >= 11 is 0. The molecule has 0 unspecified atom stereocenters. The molecule has 0 aliphatic carbocycles. The van der Waals surface area contributed by atoms with Crippen molar-refractivity contribution in [3.63, 3.8) is 0 Å². The van der Waals surface area contributed by atoms with Crippen LogP contribution in [-0.2, 0) is 0 Å². The van der Waals surface area contributed by atoms with Crippen LogP contribution in [0.5, 0.6) is 0 Å². The zero-order valence-electron chi connectivity index (χ0n) is 7.68. The van der Waals surface area contributed by atoms with E-state index in [1.165, 1.54) is 0 Å². The summed E-state index contributed by atoms with van der Waals surface area (Å²) < 4.78 is 0. The van der Waals surface area contributed by atoms with Gasteiger partial charge in [-0.2, -0.15) is 0 Å². The highest BCUT2D eigenvalue weighted by Crippen LogP contribution is 1.85. The predicted molar refractivity (Wildman–Crippen MR) is 60.1 cm³/mol. The Morgan fingerprint density at radius 1 is 1.31 bits per heavy atom. The maximum atomic E-state index is 7.17. The maximum Gasteiger partial charge on any atom is 0.195 e. The third-order valence-electron chi connectivity index (χ3n) is 0.947. The fourth-order valence-corrected chi connectivity index (χ4v) is 0.485.